The molecule has 1 unspecified atom stereocenters. The number of likely N-dealkylation sites (tertiary alicyclic amines) is 1. The zero-order chi connectivity index (χ0) is 18.9. The molecule has 3 heterocycles. The van der Waals surface area contributed by atoms with Crippen LogP contribution in [0.5, 0.6) is 0 Å². The lowest BCUT2D eigenvalue weighted by atomic mass is 10.2. The molecule has 2 aromatic rings. The first-order valence-electron chi connectivity index (χ1n) is 9.21. The molecule has 142 valence electrons. The van der Waals surface area contributed by atoms with Crippen molar-refractivity contribution in [3.8, 4) is 11.4 Å². The van der Waals surface area contributed by atoms with Crippen LogP contribution in [0.3, 0.4) is 0 Å². The third kappa shape index (κ3) is 4.10. The monoisotopic (exact) mass is 386 g/mol. The number of sulfone groups is 1. The van der Waals surface area contributed by atoms with Gasteiger partial charge in [-0.05, 0) is 19.3 Å². The molecule has 0 spiro atoms. The first kappa shape index (κ1) is 17.9. The number of aromatic nitrogens is 2. The van der Waals surface area contributed by atoms with E-state index >= 15 is 0 Å². The molecule has 1 aromatic heterocycles. The molecule has 0 saturated carbocycles. The summed E-state index contributed by atoms with van der Waals surface area (Å²) in [4.78, 5) is 23.7. The van der Waals surface area contributed by atoms with Crippen LogP contribution in [-0.4, -0.2) is 59.8 Å². The summed E-state index contributed by atoms with van der Waals surface area (Å²) in [5.41, 5.74) is 1.16. The van der Waals surface area contributed by atoms with Crippen molar-refractivity contribution in [1.82, 2.24) is 14.9 Å². The van der Waals surface area contributed by atoms with E-state index < -0.39 is 9.84 Å². The van der Waals surface area contributed by atoms with Crippen LogP contribution in [0.1, 0.15) is 29.8 Å². The van der Waals surface area contributed by atoms with Crippen LogP contribution in [0.2, 0.25) is 0 Å². The average Bonchev–Trinajstić information content (AvgIpc) is 3.31. The molecule has 8 heteroatoms. The Morgan fingerprint density at radius 1 is 1.11 bits per heavy atom. The molecule has 2 fully saturated rings. The zero-order valence-corrected chi connectivity index (χ0v) is 15.8. The Hall–Kier alpha value is -2.48. The van der Waals surface area contributed by atoms with Crippen molar-refractivity contribution in [2.75, 3.05) is 29.9 Å². The van der Waals surface area contributed by atoms with Crippen LogP contribution >= 0.6 is 0 Å². The molecular weight excluding hydrogens is 364 g/mol. The molecule has 0 radical (unpaired) electrons. The number of carbonyl (C=O) groups excluding carboxylic acids is 1. The van der Waals surface area contributed by atoms with Gasteiger partial charge in [0.05, 0.1) is 11.5 Å². The van der Waals surface area contributed by atoms with Crippen LogP contribution in [0.15, 0.2) is 36.4 Å². The standard InChI is InChI=1S/C19H22N4O3S/c24-19(23-9-4-5-10-23)16-12-17(20-15-8-11-27(25,26)13-15)22-18(21-16)14-6-2-1-3-7-14/h1-3,6-7,12,15H,4-5,8-11,13H2,(H,20,21,22). The van der Waals surface area contributed by atoms with Gasteiger partial charge in [-0.15, -0.1) is 0 Å². The fourth-order valence-electron chi connectivity index (χ4n) is 3.55. The molecule has 1 amide bonds. The molecule has 0 aliphatic carbocycles. The van der Waals surface area contributed by atoms with Crippen molar-refractivity contribution in [3.05, 3.63) is 42.1 Å². The molecule has 2 saturated heterocycles. The highest BCUT2D eigenvalue weighted by Crippen LogP contribution is 2.22. The van der Waals surface area contributed by atoms with Crippen molar-refractivity contribution in [1.29, 1.82) is 0 Å². The van der Waals surface area contributed by atoms with Crippen molar-refractivity contribution in [3.63, 3.8) is 0 Å². The lowest BCUT2D eigenvalue weighted by Crippen LogP contribution is -2.29. The summed E-state index contributed by atoms with van der Waals surface area (Å²) in [6.07, 6.45) is 2.56. The van der Waals surface area contributed by atoms with E-state index in [-0.39, 0.29) is 23.5 Å². The van der Waals surface area contributed by atoms with E-state index in [0.717, 1.165) is 31.5 Å². The molecule has 7 nitrogen and oxygen atoms in total. The summed E-state index contributed by atoms with van der Waals surface area (Å²) in [5, 5.41) is 3.19. The van der Waals surface area contributed by atoms with Gasteiger partial charge in [0.15, 0.2) is 15.7 Å². The van der Waals surface area contributed by atoms with Crippen LogP contribution in [0.25, 0.3) is 11.4 Å². The summed E-state index contributed by atoms with van der Waals surface area (Å²) in [7, 11) is -3.00. The minimum absolute atomic E-state index is 0.0904. The summed E-state index contributed by atoms with van der Waals surface area (Å²) < 4.78 is 23.5. The predicted molar refractivity (Wildman–Crippen MR) is 103 cm³/mol. The lowest BCUT2D eigenvalue weighted by Gasteiger charge is -2.17. The number of benzene rings is 1. The predicted octanol–water partition coefficient (Wildman–Crippen LogP) is 1.98. The number of nitrogens with zero attached hydrogens (tertiary/aromatic N) is 3. The van der Waals surface area contributed by atoms with Crippen molar-refractivity contribution >= 4 is 21.6 Å². The van der Waals surface area contributed by atoms with Gasteiger partial charge in [-0.25, -0.2) is 18.4 Å². The van der Waals surface area contributed by atoms with E-state index in [1.807, 2.05) is 30.3 Å². The van der Waals surface area contributed by atoms with E-state index in [0.29, 0.717) is 23.8 Å². The molecule has 1 aromatic carbocycles. The molecule has 1 atom stereocenters. The molecular formula is C19H22N4O3S. The molecule has 0 bridgehead atoms. The molecule has 2 aliphatic heterocycles. The Bertz CT molecular complexity index is 941. The highest BCUT2D eigenvalue weighted by Gasteiger charge is 2.29. The summed E-state index contributed by atoms with van der Waals surface area (Å²) in [5.74, 6) is 1.13. The van der Waals surface area contributed by atoms with Crippen molar-refractivity contribution < 1.29 is 13.2 Å². The molecule has 2 aliphatic rings. The summed E-state index contributed by atoms with van der Waals surface area (Å²) >= 11 is 0. The van der Waals surface area contributed by atoms with Crippen molar-refractivity contribution in [2.24, 2.45) is 0 Å². The lowest BCUT2D eigenvalue weighted by molar-refractivity contribution is 0.0787. The maximum atomic E-state index is 12.8. The summed E-state index contributed by atoms with van der Waals surface area (Å²) in [6.45, 7) is 1.49. The third-order valence-corrected chi connectivity index (χ3v) is 6.72. The summed E-state index contributed by atoms with van der Waals surface area (Å²) in [6, 6.07) is 10.9. The average molecular weight is 386 g/mol. The minimum Gasteiger partial charge on any atom is -0.366 e. The normalized spacial score (nSPS) is 21.3. The Morgan fingerprint density at radius 3 is 2.52 bits per heavy atom. The number of nitrogens with one attached hydrogen (secondary N) is 1. The second kappa shape index (κ2) is 7.26. The molecule has 4 rings (SSSR count). The van der Waals surface area contributed by atoms with E-state index in [2.05, 4.69) is 15.3 Å². The van der Waals surface area contributed by atoms with Gasteiger partial charge in [-0.1, -0.05) is 30.3 Å². The zero-order valence-electron chi connectivity index (χ0n) is 15.0. The minimum atomic E-state index is -3.00. The Labute approximate surface area is 158 Å². The maximum Gasteiger partial charge on any atom is 0.272 e. The Kier molecular flexibility index (Phi) is 4.82. The molecule has 27 heavy (non-hydrogen) atoms. The second-order valence-corrected chi connectivity index (χ2v) is 9.30. The largest absolute Gasteiger partial charge is 0.366 e. The van der Waals surface area contributed by atoms with Crippen LogP contribution in [0, 0.1) is 0 Å². The fourth-order valence-corrected chi connectivity index (χ4v) is 5.22. The van der Waals surface area contributed by atoms with Gasteiger partial charge >= 0.3 is 0 Å². The number of carbonyl (C=O) groups is 1. The number of hydrogen-bond acceptors (Lipinski definition) is 6. The molecule has 1 N–H and O–H groups in total. The highest BCUT2D eigenvalue weighted by atomic mass is 32.2. The highest BCUT2D eigenvalue weighted by molar-refractivity contribution is 7.91. The number of amides is 1. The topological polar surface area (TPSA) is 92.3 Å². The van der Waals surface area contributed by atoms with Crippen molar-refractivity contribution in [2.45, 2.75) is 25.3 Å². The van der Waals surface area contributed by atoms with E-state index in [1.54, 1.807) is 11.0 Å². The smallest absolute Gasteiger partial charge is 0.272 e. The van der Waals surface area contributed by atoms with E-state index in [4.69, 9.17) is 0 Å². The van der Waals surface area contributed by atoms with Gasteiger partial charge in [0, 0.05) is 30.8 Å². The first-order chi connectivity index (χ1) is 13.0. The number of hydrogen-bond donors (Lipinski definition) is 1. The van der Waals surface area contributed by atoms with Gasteiger partial charge in [0.1, 0.15) is 11.5 Å². The Balaban J connectivity index is 1.67. The van der Waals surface area contributed by atoms with Gasteiger partial charge < -0.3 is 10.2 Å². The number of rotatable bonds is 4. The van der Waals surface area contributed by atoms with Crippen LogP contribution < -0.4 is 5.32 Å². The Morgan fingerprint density at radius 2 is 1.85 bits per heavy atom. The van der Waals surface area contributed by atoms with E-state index in [9.17, 15) is 13.2 Å². The van der Waals surface area contributed by atoms with Crippen LogP contribution in [-0.2, 0) is 9.84 Å². The van der Waals surface area contributed by atoms with Gasteiger partial charge in [0.25, 0.3) is 5.91 Å². The van der Waals surface area contributed by atoms with Gasteiger partial charge in [-0.3, -0.25) is 4.79 Å². The van der Waals surface area contributed by atoms with E-state index in [1.165, 1.54) is 0 Å². The van der Waals surface area contributed by atoms with Gasteiger partial charge in [-0.2, -0.15) is 0 Å². The quantitative estimate of drug-likeness (QED) is 0.864. The van der Waals surface area contributed by atoms with Crippen LogP contribution in [0.4, 0.5) is 5.82 Å². The maximum absolute atomic E-state index is 12.8. The SMILES string of the molecule is O=C(c1cc(NC2CCS(=O)(=O)C2)nc(-c2ccccc2)n1)N1CCCC1. The fraction of sp³-hybridized carbons (Fsp3) is 0.421. The second-order valence-electron chi connectivity index (χ2n) is 7.07. The number of anilines is 1. The van der Waals surface area contributed by atoms with Gasteiger partial charge in [0.2, 0.25) is 0 Å². The first-order valence-corrected chi connectivity index (χ1v) is 11.0. The third-order valence-electron chi connectivity index (χ3n) is 4.95.